The van der Waals surface area contributed by atoms with Crippen LogP contribution in [-0.4, -0.2) is 24.9 Å². The molecule has 0 heterocycles. The minimum Gasteiger partial charge on any atom is -0.490 e. The lowest BCUT2D eigenvalue weighted by Gasteiger charge is -2.12. The minimum absolute atomic E-state index is 0.220. The van der Waals surface area contributed by atoms with Crippen molar-refractivity contribution in [3.8, 4) is 11.5 Å². The highest BCUT2D eigenvalue weighted by atomic mass is 16.5. The second-order valence-electron chi connectivity index (χ2n) is 3.89. The largest absolute Gasteiger partial charge is 0.490 e. The zero-order valence-electron chi connectivity index (χ0n) is 10.7. The van der Waals surface area contributed by atoms with Crippen molar-refractivity contribution >= 4 is 0 Å². The van der Waals surface area contributed by atoms with E-state index in [-0.39, 0.29) is 6.61 Å². The molecule has 1 aromatic carbocycles. The van der Waals surface area contributed by atoms with Crippen molar-refractivity contribution in [3.63, 3.8) is 0 Å². The number of ether oxygens (including phenoxy) is 2. The molecule has 0 bridgehead atoms. The Balaban J connectivity index is 2.75. The summed E-state index contributed by atoms with van der Waals surface area (Å²) in [5, 5.41) is 8.82. The van der Waals surface area contributed by atoms with Crippen LogP contribution in [0.5, 0.6) is 11.5 Å². The minimum atomic E-state index is 0.220. The van der Waals surface area contributed by atoms with Crippen LogP contribution in [0.4, 0.5) is 0 Å². The molecule has 0 saturated carbocycles. The van der Waals surface area contributed by atoms with Gasteiger partial charge < -0.3 is 14.6 Å². The Morgan fingerprint density at radius 1 is 1.12 bits per heavy atom. The smallest absolute Gasteiger partial charge is 0.161 e. The van der Waals surface area contributed by atoms with Crippen molar-refractivity contribution in [1.82, 2.24) is 0 Å². The van der Waals surface area contributed by atoms with E-state index >= 15 is 0 Å². The summed E-state index contributed by atoms with van der Waals surface area (Å²) in [6, 6.07) is 5.99. The molecule has 0 unspecified atom stereocenters. The standard InChI is InChI=1S/C14H22O3/c1-3-10-17-13-8-7-12(6-5-9-15)11-14(13)16-4-2/h7-8,11,15H,3-6,9-10H2,1-2H3. The van der Waals surface area contributed by atoms with Crippen LogP contribution in [0.3, 0.4) is 0 Å². The molecule has 3 heteroatoms. The van der Waals surface area contributed by atoms with Crippen LogP contribution >= 0.6 is 0 Å². The van der Waals surface area contributed by atoms with E-state index in [1.165, 1.54) is 5.56 Å². The van der Waals surface area contributed by atoms with E-state index in [9.17, 15) is 0 Å². The van der Waals surface area contributed by atoms with Gasteiger partial charge in [-0.15, -0.1) is 0 Å². The topological polar surface area (TPSA) is 38.7 Å². The fourth-order valence-corrected chi connectivity index (χ4v) is 1.59. The van der Waals surface area contributed by atoms with Crippen LogP contribution in [0.1, 0.15) is 32.3 Å². The number of aliphatic hydroxyl groups excluding tert-OH is 1. The van der Waals surface area contributed by atoms with Crippen molar-refractivity contribution in [2.24, 2.45) is 0 Å². The van der Waals surface area contributed by atoms with Gasteiger partial charge in [0.2, 0.25) is 0 Å². The number of benzene rings is 1. The Morgan fingerprint density at radius 2 is 1.94 bits per heavy atom. The monoisotopic (exact) mass is 238 g/mol. The normalized spacial score (nSPS) is 10.3. The molecule has 1 N–H and O–H groups in total. The van der Waals surface area contributed by atoms with Gasteiger partial charge in [0, 0.05) is 6.61 Å². The summed E-state index contributed by atoms with van der Waals surface area (Å²) in [6.45, 7) is 5.60. The summed E-state index contributed by atoms with van der Waals surface area (Å²) in [6.07, 6.45) is 2.63. The van der Waals surface area contributed by atoms with E-state index in [4.69, 9.17) is 14.6 Å². The van der Waals surface area contributed by atoms with E-state index in [1.807, 2.05) is 25.1 Å². The maximum absolute atomic E-state index is 8.82. The van der Waals surface area contributed by atoms with E-state index in [0.29, 0.717) is 13.2 Å². The van der Waals surface area contributed by atoms with Crippen LogP contribution in [-0.2, 0) is 6.42 Å². The maximum Gasteiger partial charge on any atom is 0.161 e. The van der Waals surface area contributed by atoms with Crippen molar-refractivity contribution in [1.29, 1.82) is 0 Å². The van der Waals surface area contributed by atoms with E-state index in [2.05, 4.69) is 6.92 Å². The zero-order valence-corrected chi connectivity index (χ0v) is 10.7. The molecular formula is C14H22O3. The van der Waals surface area contributed by atoms with E-state index < -0.39 is 0 Å². The van der Waals surface area contributed by atoms with Crippen LogP contribution in [0.2, 0.25) is 0 Å². The second-order valence-corrected chi connectivity index (χ2v) is 3.89. The molecule has 0 saturated heterocycles. The Labute approximate surface area is 103 Å². The Kier molecular flexibility index (Phi) is 6.48. The zero-order chi connectivity index (χ0) is 12.5. The molecule has 0 amide bonds. The third-order valence-corrected chi connectivity index (χ3v) is 2.39. The Hall–Kier alpha value is -1.22. The molecule has 0 aliphatic heterocycles. The van der Waals surface area contributed by atoms with Gasteiger partial charge >= 0.3 is 0 Å². The quantitative estimate of drug-likeness (QED) is 0.757. The van der Waals surface area contributed by atoms with Crippen molar-refractivity contribution in [3.05, 3.63) is 23.8 Å². The molecule has 0 aromatic heterocycles. The summed E-state index contributed by atoms with van der Waals surface area (Å²) in [5.74, 6) is 1.61. The van der Waals surface area contributed by atoms with Gasteiger partial charge in [0.25, 0.3) is 0 Å². The predicted molar refractivity (Wildman–Crippen MR) is 68.8 cm³/mol. The molecule has 0 radical (unpaired) electrons. The second kappa shape index (κ2) is 7.96. The number of hydrogen-bond acceptors (Lipinski definition) is 3. The first-order chi connectivity index (χ1) is 8.31. The molecule has 0 fully saturated rings. The molecule has 17 heavy (non-hydrogen) atoms. The summed E-state index contributed by atoms with van der Waals surface area (Å²) < 4.78 is 11.2. The maximum atomic E-state index is 8.82. The highest BCUT2D eigenvalue weighted by molar-refractivity contribution is 5.43. The summed E-state index contributed by atoms with van der Waals surface area (Å²) in [4.78, 5) is 0. The van der Waals surface area contributed by atoms with Gasteiger partial charge in [-0.3, -0.25) is 0 Å². The number of rotatable bonds is 8. The number of aliphatic hydroxyl groups is 1. The Morgan fingerprint density at radius 3 is 2.59 bits per heavy atom. The van der Waals surface area contributed by atoms with Crippen molar-refractivity contribution in [2.45, 2.75) is 33.1 Å². The molecular weight excluding hydrogens is 216 g/mol. The van der Waals surface area contributed by atoms with Crippen molar-refractivity contribution in [2.75, 3.05) is 19.8 Å². The van der Waals surface area contributed by atoms with Crippen LogP contribution in [0.25, 0.3) is 0 Å². The van der Waals surface area contributed by atoms with Crippen LogP contribution in [0.15, 0.2) is 18.2 Å². The predicted octanol–water partition coefficient (Wildman–Crippen LogP) is 2.80. The van der Waals surface area contributed by atoms with E-state index in [0.717, 1.165) is 30.8 Å². The fourth-order valence-electron chi connectivity index (χ4n) is 1.59. The van der Waals surface area contributed by atoms with Gasteiger partial charge in [-0.25, -0.2) is 0 Å². The molecule has 0 aliphatic carbocycles. The Bertz CT molecular complexity index is 323. The molecule has 1 rings (SSSR count). The summed E-state index contributed by atoms with van der Waals surface area (Å²) >= 11 is 0. The number of hydrogen-bond donors (Lipinski definition) is 1. The van der Waals surface area contributed by atoms with Gasteiger partial charge in [0.15, 0.2) is 11.5 Å². The van der Waals surface area contributed by atoms with Crippen LogP contribution in [0, 0.1) is 0 Å². The van der Waals surface area contributed by atoms with E-state index in [1.54, 1.807) is 0 Å². The van der Waals surface area contributed by atoms with Gasteiger partial charge in [0.05, 0.1) is 13.2 Å². The highest BCUT2D eigenvalue weighted by Crippen LogP contribution is 2.29. The molecule has 96 valence electrons. The SMILES string of the molecule is CCCOc1ccc(CCCO)cc1OCC. The van der Waals surface area contributed by atoms with Gasteiger partial charge in [-0.1, -0.05) is 13.0 Å². The third kappa shape index (κ3) is 4.65. The number of aryl methyl sites for hydroxylation is 1. The molecule has 1 aromatic rings. The lowest BCUT2D eigenvalue weighted by atomic mass is 10.1. The average molecular weight is 238 g/mol. The lowest BCUT2D eigenvalue weighted by Crippen LogP contribution is -2.01. The fraction of sp³-hybridized carbons (Fsp3) is 0.571. The summed E-state index contributed by atoms with van der Waals surface area (Å²) in [7, 11) is 0. The molecule has 0 spiro atoms. The average Bonchev–Trinajstić information content (AvgIpc) is 2.35. The van der Waals surface area contributed by atoms with Crippen molar-refractivity contribution < 1.29 is 14.6 Å². The molecule has 0 aliphatic rings. The lowest BCUT2D eigenvalue weighted by molar-refractivity contribution is 0.276. The first-order valence-electron chi connectivity index (χ1n) is 6.31. The van der Waals surface area contributed by atoms with Crippen LogP contribution < -0.4 is 9.47 Å². The molecule has 3 nitrogen and oxygen atoms in total. The third-order valence-electron chi connectivity index (χ3n) is 2.39. The first kappa shape index (κ1) is 13.8. The molecule has 0 atom stereocenters. The van der Waals surface area contributed by atoms with Gasteiger partial charge in [-0.2, -0.15) is 0 Å². The van der Waals surface area contributed by atoms with Gasteiger partial charge in [0.1, 0.15) is 0 Å². The first-order valence-corrected chi connectivity index (χ1v) is 6.31. The highest BCUT2D eigenvalue weighted by Gasteiger charge is 2.06. The van der Waals surface area contributed by atoms with Gasteiger partial charge in [-0.05, 0) is 43.9 Å². The summed E-state index contributed by atoms with van der Waals surface area (Å²) in [5.41, 5.74) is 1.17.